The number of benzene rings is 1. The molecule has 0 saturated carbocycles. The van der Waals surface area contributed by atoms with Gasteiger partial charge in [0.15, 0.2) is 5.96 Å². The first kappa shape index (κ1) is 32.7. The number of nitrogens with one attached hydrogen (secondary N) is 3. The summed E-state index contributed by atoms with van der Waals surface area (Å²) in [5.74, 6) is -3.13. The highest BCUT2D eigenvalue weighted by Crippen LogP contribution is 2.08. The van der Waals surface area contributed by atoms with E-state index >= 15 is 0 Å². The maximum atomic E-state index is 13.3. The Morgan fingerprint density at radius 1 is 0.868 bits per heavy atom. The molecule has 13 nitrogen and oxygen atoms in total. The zero-order valence-electron chi connectivity index (χ0n) is 21.3. The number of amides is 3. The van der Waals surface area contributed by atoms with Crippen LogP contribution in [0.25, 0.3) is 0 Å². The topological polar surface area (TPSA) is 241 Å². The number of aliphatic imine (C=N–C) groups is 1. The summed E-state index contributed by atoms with van der Waals surface area (Å²) in [6.07, 6.45) is 1.87. The van der Waals surface area contributed by atoms with E-state index in [4.69, 9.17) is 22.9 Å². The average Bonchev–Trinajstić information content (AvgIpc) is 2.89. The second kappa shape index (κ2) is 18.0. The van der Waals surface area contributed by atoms with Crippen LogP contribution in [0.1, 0.15) is 37.7 Å². The Morgan fingerprint density at radius 2 is 1.45 bits per heavy atom. The predicted molar refractivity (Wildman–Crippen MR) is 148 cm³/mol. The lowest BCUT2D eigenvalue weighted by atomic mass is 10.0. The minimum atomic E-state index is -1.20. The number of hydrogen-bond acceptors (Lipinski definition) is 8. The first-order valence-electron chi connectivity index (χ1n) is 12.4. The molecule has 12 N–H and O–H groups in total. The van der Waals surface area contributed by atoms with Crippen LogP contribution in [-0.2, 0) is 25.6 Å². The van der Waals surface area contributed by atoms with Crippen molar-refractivity contribution < 1.29 is 24.3 Å². The third-order valence-corrected chi connectivity index (χ3v) is 5.98. The number of thiol groups is 1. The zero-order chi connectivity index (χ0) is 28.5. The Morgan fingerprint density at radius 3 is 2.03 bits per heavy atom. The molecule has 0 aliphatic carbocycles. The number of rotatable bonds is 18. The van der Waals surface area contributed by atoms with Gasteiger partial charge < -0.3 is 44.0 Å². The van der Waals surface area contributed by atoms with Crippen LogP contribution in [0.4, 0.5) is 0 Å². The van der Waals surface area contributed by atoms with Crippen LogP contribution in [0.3, 0.4) is 0 Å². The number of carboxylic acid groups (broad SMARTS) is 1. The fourth-order valence-electron chi connectivity index (χ4n) is 3.49. The SMILES string of the molecule is NCCCCC(NC(=O)C(CCCN=C(N)N)NC(=O)C(Cc1ccccc1)NC(=O)C(N)CS)C(=O)O. The van der Waals surface area contributed by atoms with Gasteiger partial charge in [-0.3, -0.25) is 19.4 Å². The van der Waals surface area contributed by atoms with E-state index in [1.54, 1.807) is 24.3 Å². The van der Waals surface area contributed by atoms with Crippen LogP contribution in [0, 0.1) is 0 Å². The fraction of sp³-hybridized carbons (Fsp3) is 0.542. The maximum Gasteiger partial charge on any atom is 0.326 e. The van der Waals surface area contributed by atoms with Gasteiger partial charge >= 0.3 is 5.97 Å². The molecule has 0 saturated heterocycles. The van der Waals surface area contributed by atoms with E-state index in [-0.39, 0.29) is 37.5 Å². The van der Waals surface area contributed by atoms with E-state index in [1.807, 2.05) is 6.07 Å². The molecule has 1 aromatic rings. The van der Waals surface area contributed by atoms with Gasteiger partial charge in [-0.15, -0.1) is 0 Å². The van der Waals surface area contributed by atoms with Crippen LogP contribution >= 0.6 is 12.6 Å². The van der Waals surface area contributed by atoms with Crippen LogP contribution in [-0.4, -0.2) is 77.8 Å². The van der Waals surface area contributed by atoms with Gasteiger partial charge in [0.1, 0.15) is 18.1 Å². The highest BCUT2D eigenvalue weighted by molar-refractivity contribution is 7.80. The van der Waals surface area contributed by atoms with Gasteiger partial charge in [0.2, 0.25) is 17.7 Å². The quantitative estimate of drug-likeness (QED) is 0.0431. The average molecular weight is 553 g/mol. The zero-order valence-corrected chi connectivity index (χ0v) is 22.2. The van der Waals surface area contributed by atoms with E-state index < -0.39 is 47.9 Å². The summed E-state index contributed by atoms with van der Waals surface area (Å²) in [4.78, 5) is 54.4. The van der Waals surface area contributed by atoms with Crippen molar-refractivity contribution in [2.24, 2.45) is 27.9 Å². The summed E-state index contributed by atoms with van der Waals surface area (Å²) in [7, 11) is 0. The van der Waals surface area contributed by atoms with Crippen molar-refractivity contribution in [3.8, 4) is 0 Å². The van der Waals surface area contributed by atoms with Crippen LogP contribution < -0.4 is 38.9 Å². The van der Waals surface area contributed by atoms with Gasteiger partial charge in [-0.25, -0.2) is 4.79 Å². The molecule has 1 rings (SSSR count). The van der Waals surface area contributed by atoms with E-state index in [2.05, 4.69) is 33.6 Å². The molecule has 0 bridgehead atoms. The predicted octanol–water partition coefficient (Wildman–Crippen LogP) is -1.79. The summed E-state index contributed by atoms with van der Waals surface area (Å²) in [5.41, 5.74) is 22.7. The first-order chi connectivity index (χ1) is 18.1. The van der Waals surface area contributed by atoms with Crippen molar-refractivity contribution in [1.82, 2.24) is 16.0 Å². The van der Waals surface area contributed by atoms with Crippen molar-refractivity contribution >= 4 is 42.3 Å². The number of carbonyl (C=O) groups is 4. The second-order valence-electron chi connectivity index (χ2n) is 8.73. The Bertz CT molecular complexity index is 930. The summed E-state index contributed by atoms with van der Waals surface area (Å²) in [6, 6.07) is 4.74. The molecule has 0 aliphatic heterocycles. The second-order valence-corrected chi connectivity index (χ2v) is 9.10. The van der Waals surface area contributed by atoms with Gasteiger partial charge in [0.05, 0.1) is 6.04 Å². The monoisotopic (exact) mass is 552 g/mol. The molecule has 0 spiro atoms. The number of carbonyl (C=O) groups excluding carboxylic acids is 3. The van der Waals surface area contributed by atoms with Crippen LogP contribution in [0.5, 0.6) is 0 Å². The molecule has 0 aromatic heterocycles. The lowest BCUT2D eigenvalue weighted by molar-refractivity contribution is -0.142. The van der Waals surface area contributed by atoms with Gasteiger partial charge in [-0.2, -0.15) is 12.6 Å². The summed E-state index contributed by atoms with van der Waals surface area (Å²) >= 11 is 4.03. The maximum absolute atomic E-state index is 13.3. The molecule has 0 heterocycles. The van der Waals surface area contributed by atoms with Gasteiger partial charge in [-0.05, 0) is 44.2 Å². The molecule has 0 aliphatic rings. The third kappa shape index (κ3) is 12.7. The first-order valence-corrected chi connectivity index (χ1v) is 13.0. The number of hydrogen-bond donors (Lipinski definition) is 9. The van der Waals surface area contributed by atoms with E-state index in [0.717, 1.165) is 5.56 Å². The van der Waals surface area contributed by atoms with E-state index in [0.29, 0.717) is 25.8 Å². The van der Waals surface area contributed by atoms with E-state index in [1.165, 1.54) is 0 Å². The van der Waals surface area contributed by atoms with Crippen LogP contribution in [0.15, 0.2) is 35.3 Å². The number of carboxylic acids is 1. The Labute approximate surface area is 228 Å². The molecule has 4 unspecified atom stereocenters. The summed E-state index contributed by atoms with van der Waals surface area (Å²) < 4.78 is 0. The van der Waals surface area contributed by atoms with Gasteiger partial charge in [0, 0.05) is 18.7 Å². The standard InChI is InChI=1S/C24H40N8O5S/c25-11-5-4-9-18(23(36)37)31-21(34)17(10-6-12-29-24(27)28)30-22(35)19(32-20(33)16(26)14-38)13-15-7-2-1-3-8-15/h1-3,7-8,16-19,38H,4-6,9-14,25-26H2,(H,30,35)(H,31,34)(H,32,33)(H,36,37)(H4,27,28,29). The molecule has 1 aromatic carbocycles. The van der Waals surface area contributed by atoms with Gasteiger partial charge in [0.25, 0.3) is 0 Å². The number of guanidine groups is 1. The highest BCUT2D eigenvalue weighted by Gasteiger charge is 2.30. The molecule has 212 valence electrons. The minimum absolute atomic E-state index is 0.0715. The molecule has 14 heteroatoms. The molecular weight excluding hydrogens is 512 g/mol. The third-order valence-electron chi connectivity index (χ3n) is 5.59. The Hall–Kier alpha value is -3.36. The fourth-order valence-corrected chi connectivity index (χ4v) is 3.65. The normalized spacial score (nSPS) is 13.9. The van der Waals surface area contributed by atoms with Crippen molar-refractivity contribution in [2.75, 3.05) is 18.8 Å². The molecule has 4 atom stereocenters. The van der Waals surface area contributed by atoms with Crippen molar-refractivity contribution in [3.05, 3.63) is 35.9 Å². The van der Waals surface area contributed by atoms with Gasteiger partial charge in [-0.1, -0.05) is 30.3 Å². The molecule has 38 heavy (non-hydrogen) atoms. The molecule has 0 fully saturated rings. The highest BCUT2D eigenvalue weighted by atomic mass is 32.1. The minimum Gasteiger partial charge on any atom is -0.480 e. The number of nitrogens with zero attached hydrogens (tertiary/aromatic N) is 1. The number of unbranched alkanes of at least 4 members (excludes halogenated alkanes) is 1. The largest absolute Gasteiger partial charge is 0.480 e. The number of nitrogens with two attached hydrogens (primary N) is 4. The summed E-state index contributed by atoms with van der Waals surface area (Å²) in [5, 5.41) is 17.3. The lowest BCUT2D eigenvalue weighted by Crippen LogP contribution is -2.57. The Kier molecular flexibility index (Phi) is 15.5. The molecule has 0 radical (unpaired) electrons. The van der Waals surface area contributed by atoms with Crippen molar-refractivity contribution in [2.45, 2.75) is 62.7 Å². The van der Waals surface area contributed by atoms with Crippen LogP contribution in [0.2, 0.25) is 0 Å². The van der Waals surface area contributed by atoms with Crippen molar-refractivity contribution in [3.63, 3.8) is 0 Å². The molecular formula is C24H40N8O5S. The van der Waals surface area contributed by atoms with Crippen molar-refractivity contribution in [1.29, 1.82) is 0 Å². The summed E-state index contributed by atoms with van der Waals surface area (Å²) in [6.45, 7) is 0.594. The number of aliphatic carboxylic acids is 1. The molecule has 3 amide bonds. The smallest absolute Gasteiger partial charge is 0.326 e. The van der Waals surface area contributed by atoms with E-state index in [9.17, 15) is 24.3 Å². The Balaban J connectivity index is 3.09. The lowest BCUT2D eigenvalue weighted by Gasteiger charge is -2.25.